The van der Waals surface area contributed by atoms with Crippen LogP contribution >= 0.6 is 0 Å². The highest BCUT2D eigenvalue weighted by Crippen LogP contribution is 1.94. The summed E-state index contributed by atoms with van der Waals surface area (Å²) in [5, 5.41) is 0. The van der Waals surface area contributed by atoms with Gasteiger partial charge in [0.2, 0.25) is 5.91 Å². The summed E-state index contributed by atoms with van der Waals surface area (Å²) in [6.07, 6.45) is 0.0968. The van der Waals surface area contributed by atoms with Gasteiger partial charge in [0.1, 0.15) is 6.61 Å². The SMILES string of the molecule is CCOCCN(CC)C(=O)COC(C)C. The number of hydrogen-bond donors (Lipinski definition) is 0. The van der Waals surface area contributed by atoms with Gasteiger partial charge >= 0.3 is 0 Å². The first-order valence-electron chi connectivity index (χ1n) is 5.58. The lowest BCUT2D eigenvalue weighted by Crippen LogP contribution is -2.37. The Bertz CT molecular complexity index is 171. The summed E-state index contributed by atoms with van der Waals surface area (Å²) < 4.78 is 10.5. The maximum atomic E-state index is 11.6. The Kier molecular flexibility index (Phi) is 8.33. The predicted molar refractivity (Wildman–Crippen MR) is 59.8 cm³/mol. The molecular formula is C11H23NO3. The molecule has 0 N–H and O–H groups in total. The molecule has 0 aromatic rings. The lowest BCUT2D eigenvalue weighted by molar-refractivity contribution is -0.138. The van der Waals surface area contributed by atoms with Crippen LogP contribution in [0.15, 0.2) is 0 Å². The molecule has 0 aromatic carbocycles. The molecule has 0 unspecified atom stereocenters. The highest BCUT2D eigenvalue weighted by atomic mass is 16.5. The maximum Gasteiger partial charge on any atom is 0.248 e. The van der Waals surface area contributed by atoms with Crippen molar-refractivity contribution in [3.63, 3.8) is 0 Å². The van der Waals surface area contributed by atoms with Crippen LogP contribution in [0.5, 0.6) is 0 Å². The summed E-state index contributed by atoms with van der Waals surface area (Å²) in [5.74, 6) is 0.0332. The van der Waals surface area contributed by atoms with Gasteiger partial charge in [-0.05, 0) is 27.7 Å². The maximum absolute atomic E-state index is 11.6. The lowest BCUT2D eigenvalue weighted by Gasteiger charge is -2.21. The van der Waals surface area contributed by atoms with Crippen molar-refractivity contribution in [2.75, 3.05) is 32.9 Å². The van der Waals surface area contributed by atoms with E-state index in [1.807, 2.05) is 27.7 Å². The second kappa shape index (κ2) is 8.68. The van der Waals surface area contributed by atoms with Gasteiger partial charge in [0.15, 0.2) is 0 Å². The number of nitrogens with zero attached hydrogens (tertiary/aromatic N) is 1. The summed E-state index contributed by atoms with van der Waals surface area (Å²) >= 11 is 0. The van der Waals surface area contributed by atoms with Crippen LogP contribution in [-0.2, 0) is 14.3 Å². The van der Waals surface area contributed by atoms with Crippen molar-refractivity contribution in [2.24, 2.45) is 0 Å². The zero-order valence-electron chi connectivity index (χ0n) is 10.3. The van der Waals surface area contributed by atoms with E-state index < -0.39 is 0 Å². The van der Waals surface area contributed by atoms with E-state index in [1.165, 1.54) is 0 Å². The zero-order valence-corrected chi connectivity index (χ0v) is 10.3. The molecule has 0 atom stereocenters. The third-order valence-electron chi connectivity index (χ3n) is 1.98. The van der Waals surface area contributed by atoms with Crippen molar-refractivity contribution in [1.29, 1.82) is 0 Å². The molecule has 4 heteroatoms. The van der Waals surface area contributed by atoms with Gasteiger partial charge < -0.3 is 14.4 Å². The average molecular weight is 217 g/mol. The van der Waals surface area contributed by atoms with Crippen molar-refractivity contribution in [2.45, 2.75) is 33.8 Å². The van der Waals surface area contributed by atoms with E-state index in [0.717, 1.165) is 0 Å². The van der Waals surface area contributed by atoms with Gasteiger partial charge in [-0.3, -0.25) is 4.79 Å². The highest BCUT2D eigenvalue weighted by molar-refractivity contribution is 5.77. The number of carbonyl (C=O) groups is 1. The molecule has 1 amide bonds. The summed E-state index contributed by atoms with van der Waals surface area (Å²) in [7, 11) is 0. The van der Waals surface area contributed by atoms with Crippen molar-refractivity contribution in [1.82, 2.24) is 4.90 Å². The molecule has 0 saturated carbocycles. The summed E-state index contributed by atoms with van der Waals surface area (Å²) in [5.41, 5.74) is 0. The second-order valence-corrected chi connectivity index (χ2v) is 3.53. The Morgan fingerprint density at radius 2 is 2.00 bits per heavy atom. The van der Waals surface area contributed by atoms with Crippen molar-refractivity contribution < 1.29 is 14.3 Å². The molecule has 0 spiro atoms. The fraction of sp³-hybridized carbons (Fsp3) is 0.909. The molecule has 4 nitrogen and oxygen atoms in total. The number of amides is 1. The first kappa shape index (κ1) is 14.4. The van der Waals surface area contributed by atoms with Gasteiger partial charge in [-0.15, -0.1) is 0 Å². The standard InChI is InChI=1S/C11H23NO3/c1-5-12(7-8-14-6-2)11(13)9-15-10(3)4/h10H,5-9H2,1-4H3. The molecule has 0 aromatic heterocycles. The van der Waals surface area contributed by atoms with E-state index in [1.54, 1.807) is 4.90 Å². The Morgan fingerprint density at radius 3 is 2.47 bits per heavy atom. The Balaban J connectivity index is 3.77. The van der Waals surface area contributed by atoms with Gasteiger partial charge in [0, 0.05) is 19.7 Å². The molecule has 0 aliphatic carbocycles. The van der Waals surface area contributed by atoms with Crippen LogP contribution in [0.2, 0.25) is 0 Å². The third-order valence-corrected chi connectivity index (χ3v) is 1.98. The monoisotopic (exact) mass is 217 g/mol. The van der Waals surface area contributed by atoms with Gasteiger partial charge in [0.05, 0.1) is 12.7 Å². The van der Waals surface area contributed by atoms with Crippen LogP contribution in [0, 0.1) is 0 Å². The van der Waals surface area contributed by atoms with Gasteiger partial charge in [-0.1, -0.05) is 0 Å². The van der Waals surface area contributed by atoms with Crippen LogP contribution in [0.4, 0.5) is 0 Å². The molecule has 90 valence electrons. The molecular weight excluding hydrogens is 194 g/mol. The normalized spacial score (nSPS) is 10.7. The van der Waals surface area contributed by atoms with E-state index in [9.17, 15) is 4.79 Å². The second-order valence-electron chi connectivity index (χ2n) is 3.53. The van der Waals surface area contributed by atoms with E-state index >= 15 is 0 Å². The minimum Gasteiger partial charge on any atom is -0.380 e. The van der Waals surface area contributed by atoms with Crippen LogP contribution in [0.1, 0.15) is 27.7 Å². The molecule has 0 heterocycles. The predicted octanol–water partition coefficient (Wildman–Crippen LogP) is 1.30. The summed E-state index contributed by atoms with van der Waals surface area (Å²) in [6.45, 7) is 10.5. The molecule has 0 aliphatic heterocycles. The largest absolute Gasteiger partial charge is 0.380 e. The van der Waals surface area contributed by atoms with Crippen molar-refractivity contribution in [3.05, 3.63) is 0 Å². The average Bonchev–Trinajstić information content (AvgIpc) is 2.21. The van der Waals surface area contributed by atoms with Crippen molar-refractivity contribution in [3.8, 4) is 0 Å². The topological polar surface area (TPSA) is 38.8 Å². The molecule has 0 fully saturated rings. The first-order valence-corrected chi connectivity index (χ1v) is 5.58. The van der Waals surface area contributed by atoms with Crippen molar-refractivity contribution >= 4 is 5.91 Å². The molecule has 0 bridgehead atoms. The Morgan fingerprint density at radius 1 is 1.33 bits per heavy atom. The quantitative estimate of drug-likeness (QED) is 0.575. The molecule has 0 aliphatic rings. The van der Waals surface area contributed by atoms with Crippen LogP contribution < -0.4 is 0 Å². The van der Waals surface area contributed by atoms with Gasteiger partial charge in [-0.25, -0.2) is 0 Å². The number of carbonyl (C=O) groups excluding carboxylic acids is 1. The van der Waals surface area contributed by atoms with E-state index in [2.05, 4.69) is 0 Å². The number of rotatable bonds is 8. The first-order chi connectivity index (χ1) is 7.11. The number of ether oxygens (including phenoxy) is 2. The van der Waals surface area contributed by atoms with E-state index in [0.29, 0.717) is 26.3 Å². The van der Waals surface area contributed by atoms with Crippen LogP contribution in [-0.4, -0.2) is 49.8 Å². The number of hydrogen-bond acceptors (Lipinski definition) is 3. The zero-order chi connectivity index (χ0) is 11.7. The fourth-order valence-corrected chi connectivity index (χ4v) is 1.11. The minimum atomic E-state index is 0.0332. The Hall–Kier alpha value is -0.610. The third kappa shape index (κ3) is 7.33. The molecule has 0 saturated heterocycles. The molecule has 0 rings (SSSR count). The van der Waals surface area contributed by atoms with Crippen LogP contribution in [0.25, 0.3) is 0 Å². The summed E-state index contributed by atoms with van der Waals surface area (Å²) in [6, 6.07) is 0. The minimum absolute atomic E-state index is 0.0332. The molecule has 15 heavy (non-hydrogen) atoms. The van der Waals surface area contributed by atoms with Gasteiger partial charge in [-0.2, -0.15) is 0 Å². The van der Waals surface area contributed by atoms with E-state index in [-0.39, 0.29) is 18.6 Å². The van der Waals surface area contributed by atoms with Crippen LogP contribution in [0.3, 0.4) is 0 Å². The Labute approximate surface area is 92.5 Å². The fourth-order valence-electron chi connectivity index (χ4n) is 1.11. The molecule has 0 radical (unpaired) electrons. The number of likely N-dealkylation sites (N-methyl/N-ethyl adjacent to an activating group) is 1. The smallest absolute Gasteiger partial charge is 0.248 e. The van der Waals surface area contributed by atoms with E-state index in [4.69, 9.17) is 9.47 Å². The highest BCUT2D eigenvalue weighted by Gasteiger charge is 2.11. The van der Waals surface area contributed by atoms with Gasteiger partial charge in [0.25, 0.3) is 0 Å². The summed E-state index contributed by atoms with van der Waals surface area (Å²) in [4.78, 5) is 13.4. The lowest BCUT2D eigenvalue weighted by atomic mass is 10.4.